The maximum atomic E-state index is 13.1. The van der Waals surface area contributed by atoms with Crippen molar-refractivity contribution in [3.8, 4) is 0 Å². The van der Waals surface area contributed by atoms with Crippen molar-refractivity contribution in [2.75, 3.05) is 40.1 Å². The third-order valence-corrected chi connectivity index (χ3v) is 9.13. The van der Waals surface area contributed by atoms with Crippen LogP contribution < -0.4 is 26.2 Å². The number of hydrogen-bond acceptors (Lipinski definition) is 6. The van der Waals surface area contributed by atoms with E-state index in [0.29, 0.717) is 16.4 Å². The summed E-state index contributed by atoms with van der Waals surface area (Å²) in [4.78, 5) is 31.0. The van der Waals surface area contributed by atoms with E-state index in [1.54, 1.807) is 0 Å². The summed E-state index contributed by atoms with van der Waals surface area (Å²) in [5.74, 6) is 0.420. The number of rotatable bonds is 8. The van der Waals surface area contributed by atoms with Crippen molar-refractivity contribution in [1.29, 1.82) is 0 Å². The van der Waals surface area contributed by atoms with Gasteiger partial charge in [0.25, 0.3) is 11.8 Å². The van der Waals surface area contributed by atoms with Crippen molar-refractivity contribution in [3.63, 3.8) is 0 Å². The molecular weight excluding hydrogens is 554 g/mol. The van der Waals surface area contributed by atoms with Gasteiger partial charge >= 0.3 is 0 Å². The lowest BCUT2D eigenvalue weighted by molar-refractivity contribution is 0.102. The summed E-state index contributed by atoms with van der Waals surface area (Å²) >= 11 is 1.42. The van der Waals surface area contributed by atoms with Crippen molar-refractivity contribution in [1.82, 2.24) is 0 Å². The van der Waals surface area contributed by atoms with E-state index < -0.39 is 0 Å². The quantitative estimate of drug-likeness (QED) is 0.199. The summed E-state index contributed by atoms with van der Waals surface area (Å²) in [6.07, 6.45) is 7.41. The van der Waals surface area contributed by atoms with Gasteiger partial charge in [0.05, 0.1) is 4.88 Å². The van der Waals surface area contributed by atoms with Crippen LogP contribution >= 0.6 is 11.3 Å². The Hall–Kier alpha value is -4.40. The van der Waals surface area contributed by atoms with Crippen molar-refractivity contribution < 1.29 is 9.59 Å². The number of hydrogen-bond donors (Lipinski definition) is 3. The van der Waals surface area contributed by atoms with Crippen LogP contribution in [0.5, 0.6) is 0 Å². The van der Waals surface area contributed by atoms with Crippen LogP contribution in [0.4, 0.5) is 28.4 Å². The highest BCUT2D eigenvalue weighted by molar-refractivity contribution is 7.12. The smallest absolute Gasteiger partial charge is 0.265 e. The molecule has 2 atom stereocenters. The molecule has 43 heavy (non-hydrogen) atoms. The van der Waals surface area contributed by atoms with Gasteiger partial charge in [0, 0.05) is 53.1 Å². The first kappa shape index (κ1) is 28.7. The molecule has 0 spiro atoms. The van der Waals surface area contributed by atoms with Crippen molar-refractivity contribution >= 4 is 57.7 Å². The van der Waals surface area contributed by atoms with Crippen LogP contribution in [0, 0.1) is 5.92 Å². The number of nitrogens with zero attached hydrogens (tertiary/aromatic N) is 2. The highest BCUT2D eigenvalue weighted by Crippen LogP contribution is 2.37. The average molecular weight is 592 g/mol. The highest BCUT2D eigenvalue weighted by atomic mass is 32.1. The lowest BCUT2D eigenvalue weighted by Gasteiger charge is -2.31. The van der Waals surface area contributed by atoms with E-state index in [2.05, 4.69) is 45.6 Å². The monoisotopic (exact) mass is 591 g/mol. The van der Waals surface area contributed by atoms with Gasteiger partial charge in [-0.3, -0.25) is 9.59 Å². The van der Waals surface area contributed by atoms with Gasteiger partial charge in [-0.25, -0.2) is 0 Å². The number of benzene rings is 3. The fraction of sp³-hybridized carbons (Fsp3) is 0.257. The van der Waals surface area contributed by atoms with Gasteiger partial charge in [-0.1, -0.05) is 18.2 Å². The molecule has 1 fully saturated rings. The molecule has 1 aromatic heterocycles. The largest absolute Gasteiger partial charge is 0.371 e. The number of nitrogens with two attached hydrogens (primary N) is 1. The van der Waals surface area contributed by atoms with Gasteiger partial charge in [-0.15, -0.1) is 11.3 Å². The molecule has 3 aromatic carbocycles. The fourth-order valence-corrected chi connectivity index (χ4v) is 6.60. The zero-order chi connectivity index (χ0) is 29.8. The average Bonchev–Trinajstić information content (AvgIpc) is 3.70. The van der Waals surface area contributed by atoms with Gasteiger partial charge in [-0.05, 0) is 122 Å². The Labute approximate surface area is 257 Å². The number of carbonyl (C=O) groups is 2. The Morgan fingerprint density at radius 1 is 0.930 bits per heavy atom. The van der Waals surface area contributed by atoms with Crippen LogP contribution in [0.3, 0.4) is 0 Å². The van der Waals surface area contributed by atoms with Gasteiger partial charge in [0.1, 0.15) is 0 Å². The molecule has 0 bridgehead atoms. The maximum Gasteiger partial charge on any atom is 0.265 e. The van der Waals surface area contributed by atoms with E-state index in [-0.39, 0.29) is 17.9 Å². The highest BCUT2D eigenvalue weighted by Gasteiger charge is 2.23. The number of thiophene rings is 1. The lowest BCUT2D eigenvalue weighted by atomic mass is 10.1. The first-order valence-corrected chi connectivity index (χ1v) is 15.8. The minimum Gasteiger partial charge on any atom is -0.371 e. The first-order valence-electron chi connectivity index (χ1n) is 14.9. The summed E-state index contributed by atoms with van der Waals surface area (Å²) in [6.45, 7) is 4.99. The second-order valence-corrected chi connectivity index (χ2v) is 12.2. The standard InChI is InChI=1S/C35H37N5O2S/c1-24-4-2-5-27-22-29(38-34(41)26-7-12-30(13-8-26)39-20-18-25(23-39)17-19-36)11-16-32(27)40(24)31-14-9-28(10-15-31)37-35(42)33-6-3-21-43-33/h2-3,5-16,21-22,24-25H,4,17-20,23,36H2,1H3,(H,37,42)(H,38,41). The SMILES string of the molecule is CC1CC=Cc2cc(NC(=O)c3ccc(N4CCC(CCN)C4)cc3)ccc2N1c1ccc(NC(=O)c2cccs2)cc1. The number of carbonyl (C=O) groups excluding carboxylic acids is 2. The molecule has 4 aromatic rings. The molecule has 0 saturated carbocycles. The van der Waals surface area contributed by atoms with E-state index in [0.717, 1.165) is 66.5 Å². The fourth-order valence-electron chi connectivity index (χ4n) is 5.98. The second-order valence-electron chi connectivity index (χ2n) is 11.3. The zero-order valence-corrected chi connectivity index (χ0v) is 25.1. The summed E-state index contributed by atoms with van der Waals surface area (Å²) in [7, 11) is 0. The summed E-state index contributed by atoms with van der Waals surface area (Å²) in [6, 6.07) is 25.8. The normalized spacial score (nSPS) is 17.8. The van der Waals surface area contributed by atoms with Crippen LogP contribution in [0.15, 0.2) is 90.3 Å². The molecule has 220 valence electrons. The molecule has 0 aliphatic carbocycles. The molecular formula is C35H37N5O2S. The Bertz CT molecular complexity index is 1600. The molecule has 2 aliphatic heterocycles. The third-order valence-electron chi connectivity index (χ3n) is 8.26. The minimum atomic E-state index is -0.128. The van der Waals surface area contributed by atoms with Gasteiger partial charge in [-0.2, -0.15) is 0 Å². The van der Waals surface area contributed by atoms with Crippen LogP contribution in [-0.4, -0.2) is 37.5 Å². The predicted octanol–water partition coefficient (Wildman–Crippen LogP) is 7.37. The zero-order valence-electron chi connectivity index (χ0n) is 24.3. The Kier molecular flexibility index (Phi) is 8.58. The van der Waals surface area contributed by atoms with Gasteiger partial charge in [0.15, 0.2) is 0 Å². The summed E-state index contributed by atoms with van der Waals surface area (Å²) < 4.78 is 0. The van der Waals surface area contributed by atoms with E-state index in [1.807, 2.05) is 78.2 Å². The van der Waals surface area contributed by atoms with Crippen LogP contribution in [-0.2, 0) is 0 Å². The lowest BCUT2D eigenvalue weighted by Crippen LogP contribution is -2.27. The van der Waals surface area contributed by atoms with Crippen LogP contribution in [0.2, 0.25) is 0 Å². The van der Waals surface area contributed by atoms with Crippen molar-refractivity contribution in [2.24, 2.45) is 11.7 Å². The van der Waals surface area contributed by atoms with Gasteiger partial charge in [0.2, 0.25) is 0 Å². The molecule has 3 heterocycles. The molecule has 4 N–H and O–H groups in total. The molecule has 7 nitrogen and oxygen atoms in total. The Morgan fingerprint density at radius 2 is 1.67 bits per heavy atom. The van der Waals surface area contributed by atoms with Crippen LogP contribution in [0.1, 0.15) is 51.8 Å². The topological polar surface area (TPSA) is 90.7 Å². The van der Waals surface area contributed by atoms with E-state index >= 15 is 0 Å². The molecule has 1 saturated heterocycles. The van der Waals surface area contributed by atoms with Crippen molar-refractivity contribution in [2.45, 2.75) is 32.2 Å². The molecule has 6 rings (SSSR count). The Morgan fingerprint density at radius 3 is 2.42 bits per heavy atom. The molecule has 0 radical (unpaired) electrons. The molecule has 2 amide bonds. The number of anilines is 5. The second kappa shape index (κ2) is 12.9. The number of fused-ring (bicyclic) bond motifs is 1. The summed E-state index contributed by atoms with van der Waals surface area (Å²) in [5.41, 5.74) is 12.2. The summed E-state index contributed by atoms with van der Waals surface area (Å²) in [5, 5.41) is 7.96. The molecule has 2 aliphatic rings. The first-order chi connectivity index (χ1) is 21.0. The number of nitrogens with one attached hydrogen (secondary N) is 2. The van der Waals surface area contributed by atoms with Crippen LogP contribution in [0.25, 0.3) is 6.08 Å². The van der Waals surface area contributed by atoms with E-state index in [4.69, 9.17) is 5.73 Å². The van der Waals surface area contributed by atoms with Gasteiger partial charge < -0.3 is 26.2 Å². The minimum absolute atomic E-state index is 0.103. The Balaban J connectivity index is 1.14. The van der Waals surface area contributed by atoms with Crippen molar-refractivity contribution in [3.05, 3.63) is 106 Å². The predicted molar refractivity (Wildman–Crippen MR) is 179 cm³/mol. The van der Waals surface area contributed by atoms with E-state index in [1.165, 1.54) is 17.8 Å². The maximum absolute atomic E-state index is 13.1. The molecule has 2 unspecified atom stereocenters. The third kappa shape index (κ3) is 6.50. The molecule has 8 heteroatoms. The van der Waals surface area contributed by atoms with E-state index in [9.17, 15) is 9.59 Å². The number of amides is 2.